The van der Waals surface area contributed by atoms with Crippen LogP contribution in [-0.4, -0.2) is 16.2 Å². The summed E-state index contributed by atoms with van der Waals surface area (Å²) in [6.07, 6.45) is 5.30. The van der Waals surface area contributed by atoms with E-state index >= 15 is 0 Å². The van der Waals surface area contributed by atoms with E-state index in [0.29, 0.717) is 10.9 Å². The molecule has 6 heteroatoms. The van der Waals surface area contributed by atoms with Crippen LogP contribution in [0.4, 0.5) is 5.69 Å². The zero-order chi connectivity index (χ0) is 18.7. The maximum absolute atomic E-state index is 6.23. The van der Waals surface area contributed by atoms with Gasteiger partial charge in [0.1, 0.15) is 11.4 Å². The van der Waals surface area contributed by atoms with Crippen molar-refractivity contribution in [1.82, 2.24) is 9.97 Å². The quantitative estimate of drug-likeness (QED) is 0.529. The number of nitrogens with zero attached hydrogens (tertiary/aromatic N) is 2. The van der Waals surface area contributed by atoms with Crippen molar-refractivity contribution in [1.29, 1.82) is 0 Å². The summed E-state index contributed by atoms with van der Waals surface area (Å²) < 4.78 is 9.45. The molecule has 2 aromatic heterocycles. The van der Waals surface area contributed by atoms with E-state index in [4.69, 9.17) is 21.3 Å². The van der Waals surface area contributed by atoms with Gasteiger partial charge in [0.2, 0.25) is 5.88 Å². The molecule has 3 rings (SSSR count). The van der Waals surface area contributed by atoms with Crippen molar-refractivity contribution in [2.45, 2.75) is 20.8 Å². The summed E-state index contributed by atoms with van der Waals surface area (Å²) in [5, 5.41) is 0.573. The fourth-order valence-corrected chi connectivity index (χ4v) is 3.39. The first-order chi connectivity index (χ1) is 12.5. The second-order valence-electron chi connectivity index (χ2n) is 6.08. The van der Waals surface area contributed by atoms with Gasteiger partial charge in [-0.1, -0.05) is 41.2 Å². The van der Waals surface area contributed by atoms with Crippen molar-refractivity contribution >= 4 is 29.2 Å². The smallest absolute Gasteiger partial charge is 0.244 e. The number of hydrogen-bond acceptors (Lipinski definition) is 5. The highest BCUT2D eigenvalue weighted by atomic mass is 35.5. The van der Waals surface area contributed by atoms with Crippen LogP contribution >= 0.6 is 23.5 Å². The third kappa shape index (κ3) is 4.11. The number of halogens is 1. The van der Waals surface area contributed by atoms with Crippen LogP contribution in [-0.2, 0) is 0 Å². The average molecular weight is 386 g/mol. The van der Waals surface area contributed by atoms with Crippen molar-refractivity contribution in [2.75, 3.05) is 11.0 Å². The maximum atomic E-state index is 6.23. The summed E-state index contributed by atoms with van der Waals surface area (Å²) >= 11 is 7.56. The lowest BCUT2D eigenvalue weighted by Gasteiger charge is -2.16. The Kier molecular flexibility index (Phi) is 5.69. The summed E-state index contributed by atoms with van der Waals surface area (Å²) in [7, 11) is 0. The second kappa shape index (κ2) is 7.98. The van der Waals surface area contributed by atoms with E-state index in [1.54, 1.807) is 12.4 Å². The average Bonchev–Trinajstić information content (AvgIpc) is 2.59. The largest absolute Gasteiger partial charge is 0.436 e. The molecule has 3 aromatic rings. The van der Waals surface area contributed by atoms with Gasteiger partial charge in [-0.05, 0) is 50.1 Å². The molecule has 0 aliphatic carbocycles. The van der Waals surface area contributed by atoms with E-state index in [1.165, 1.54) is 17.5 Å². The minimum absolute atomic E-state index is 0.520. The zero-order valence-electron chi connectivity index (χ0n) is 15.1. The van der Waals surface area contributed by atoms with Crippen molar-refractivity contribution in [3.05, 3.63) is 64.4 Å². The lowest BCUT2D eigenvalue weighted by molar-refractivity contribution is 0.459. The normalized spacial score (nSPS) is 10.7. The molecule has 0 radical (unpaired) electrons. The molecular weight excluding hydrogens is 366 g/mol. The number of aryl methyl sites for hydroxylation is 3. The molecule has 1 aromatic carbocycles. The number of hydrogen-bond donors (Lipinski definition) is 1. The molecule has 2 heterocycles. The van der Waals surface area contributed by atoms with Gasteiger partial charge in [-0.15, -0.1) is 0 Å². The van der Waals surface area contributed by atoms with Gasteiger partial charge in [0, 0.05) is 24.2 Å². The third-order valence-electron chi connectivity index (χ3n) is 3.88. The summed E-state index contributed by atoms with van der Waals surface area (Å²) in [5.41, 5.74) is 5.78. The van der Waals surface area contributed by atoms with Crippen LogP contribution in [0.5, 0.6) is 11.6 Å². The molecule has 26 heavy (non-hydrogen) atoms. The molecule has 0 aliphatic rings. The van der Waals surface area contributed by atoms with E-state index in [0.717, 1.165) is 33.8 Å². The van der Waals surface area contributed by atoms with Gasteiger partial charge in [0.15, 0.2) is 0 Å². The lowest BCUT2D eigenvalue weighted by atomic mass is 10.1. The number of ether oxygens (including phenoxy) is 1. The van der Waals surface area contributed by atoms with E-state index in [2.05, 4.69) is 28.8 Å². The summed E-state index contributed by atoms with van der Waals surface area (Å²) in [4.78, 5) is 8.84. The molecule has 1 N–H and O–H groups in total. The van der Waals surface area contributed by atoms with Crippen LogP contribution in [0.2, 0.25) is 5.02 Å². The monoisotopic (exact) mass is 385 g/mol. The number of benzene rings is 1. The van der Waals surface area contributed by atoms with Gasteiger partial charge >= 0.3 is 0 Å². The molecule has 0 saturated carbocycles. The number of aromatic nitrogens is 2. The van der Waals surface area contributed by atoms with Gasteiger partial charge in [0.05, 0.1) is 10.7 Å². The Hall–Kier alpha value is -2.24. The zero-order valence-corrected chi connectivity index (χ0v) is 16.7. The molecular formula is C20H20ClN3OS. The highest BCUT2D eigenvalue weighted by molar-refractivity contribution is 7.99. The topological polar surface area (TPSA) is 47.0 Å². The third-order valence-corrected chi connectivity index (χ3v) is 4.51. The molecule has 0 fully saturated rings. The first-order valence-electron chi connectivity index (χ1n) is 8.14. The van der Waals surface area contributed by atoms with Crippen molar-refractivity contribution in [2.24, 2.45) is 0 Å². The van der Waals surface area contributed by atoms with Crippen molar-refractivity contribution < 1.29 is 4.74 Å². The van der Waals surface area contributed by atoms with Crippen LogP contribution in [0.3, 0.4) is 0 Å². The minimum atomic E-state index is 0.520. The van der Waals surface area contributed by atoms with Crippen LogP contribution < -0.4 is 9.46 Å². The Balaban J connectivity index is 2.05. The number of anilines is 1. The van der Waals surface area contributed by atoms with Gasteiger partial charge in [-0.2, -0.15) is 0 Å². The lowest BCUT2D eigenvalue weighted by Crippen LogP contribution is -1.99. The van der Waals surface area contributed by atoms with E-state index in [1.807, 2.05) is 38.3 Å². The summed E-state index contributed by atoms with van der Waals surface area (Å²) in [6.45, 7) is 6.17. The predicted octanol–water partition coefficient (Wildman–Crippen LogP) is 6.20. The van der Waals surface area contributed by atoms with Crippen LogP contribution in [0, 0.1) is 20.8 Å². The molecule has 0 bridgehead atoms. The van der Waals surface area contributed by atoms with Crippen LogP contribution in [0.25, 0.3) is 11.3 Å². The highest BCUT2D eigenvalue weighted by Crippen LogP contribution is 2.35. The first-order valence-corrected chi connectivity index (χ1v) is 9.75. The van der Waals surface area contributed by atoms with Crippen molar-refractivity contribution in [3.63, 3.8) is 0 Å². The molecule has 0 unspecified atom stereocenters. The first kappa shape index (κ1) is 18.5. The van der Waals surface area contributed by atoms with E-state index < -0.39 is 0 Å². The minimum Gasteiger partial charge on any atom is -0.436 e. The summed E-state index contributed by atoms with van der Waals surface area (Å²) in [6, 6.07) is 9.93. The molecule has 0 amide bonds. The van der Waals surface area contributed by atoms with Crippen LogP contribution in [0.15, 0.2) is 42.7 Å². The van der Waals surface area contributed by atoms with Crippen LogP contribution in [0.1, 0.15) is 16.7 Å². The molecule has 4 nitrogen and oxygen atoms in total. The Morgan fingerprint density at radius 2 is 1.77 bits per heavy atom. The Bertz CT molecular complexity index is 923. The summed E-state index contributed by atoms with van der Waals surface area (Å²) in [5.74, 6) is 1.35. The molecule has 0 atom stereocenters. The van der Waals surface area contributed by atoms with Gasteiger partial charge in [-0.25, -0.2) is 4.98 Å². The fraction of sp³-hybridized carbons (Fsp3) is 0.200. The van der Waals surface area contributed by atoms with Gasteiger partial charge in [-0.3, -0.25) is 4.98 Å². The fourth-order valence-electron chi connectivity index (χ4n) is 2.84. The van der Waals surface area contributed by atoms with Gasteiger partial charge < -0.3 is 9.46 Å². The molecule has 0 spiro atoms. The SMILES string of the molecule is CSNc1ccc(-c2cncc(Cl)c2)nc1Oc1c(C)cc(C)cc1C. The maximum Gasteiger partial charge on any atom is 0.244 e. The number of pyridine rings is 2. The van der Waals surface area contributed by atoms with Crippen molar-refractivity contribution in [3.8, 4) is 22.9 Å². The number of nitrogens with one attached hydrogen (secondary N) is 1. The Labute approximate surface area is 163 Å². The number of rotatable bonds is 5. The Morgan fingerprint density at radius 3 is 2.42 bits per heavy atom. The molecule has 0 aliphatic heterocycles. The second-order valence-corrected chi connectivity index (χ2v) is 7.13. The highest BCUT2D eigenvalue weighted by Gasteiger charge is 2.13. The van der Waals surface area contributed by atoms with E-state index in [-0.39, 0.29) is 0 Å². The van der Waals surface area contributed by atoms with E-state index in [9.17, 15) is 0 Å². The molecule has 134 valence electrons. The Morgan fingerprint density at radius 1 is 1.04 bits per heavy atom. The predicted molar refractivity (Wildman–Crippen MR) is 110 cm³/mol. The standard InChI is InChI=1S/C20H20ClN3OS/c1-12-7-13(2)19(14(3)8-12)25-20-18(24-26-4)6-5-17(23-20)15-9-16(21)11-22-10-15/h5-11,24H,1-4H3. The van der Waals surface area contributed by atoms with Gasteiger partial charge in [0.25, 0.3) is 0 Å². The molecule has 0 saturated heterocycles.